The number of hydrogen-bond donors (Lipinski definition) is 2. The van der Waals surface area contributed by atoms with Crippen LogP contribution in [0.2, 0.25) is 18.1 Å². The number of alkyl halides is 1. The van der Waals surface area contributed by atoms with Gasteiger partial charge in [0.15, 0.2) is 17.7 Å². The van der Waals surface area contributed by atoms with Crippen LogP contribution in [0.1, 0.15) is 72.7 Å². The largest absolute Gasteiger partial charge is 0.598 e. The van der Waals surface area contributed by atoms with Gasteiger partial charge in [0.25, 0.3) is 0 Å². The van der Waals surface area contributed by atoms with Crippen LogP contribution in [0.4, 0.5) is 0 Å². The summed E-state index contributed by atoms with van der Waals surface area (Å²) in [4.78, 5) is 9.87. The van der Waals surface area contributed by atoms with E-state index in [1.165, 1.54) is 0 Å². The Labute approximate surface area is 273 Å². The number of phenols is 1. The fourth-order valence-electron chi connectivity index (χ4n) is 4.27. The van der Waals surface area contributed by atoms with Gasteiger partial charge in [-0.2, -0.15) is 5.10 Å². The van der Waals surface area contributed by atoms with Crippen molar-refractivity contribution in [2.24, 2.45) is 0 Å². The van der Waals surface area contributed by atoms with Gasteiger partial charge in [0.05, 0.1) is 40.8 Å². The molecule has 2 N–H and O–H groups in total. The van der Waals surface area contributed by atoms with E-state index in [0.717, 1.165) is 35.3 Å². The van der Waals surface area contributed by atoms with Crippen molar-refractivity contribution in [3.05, 3.63) is 66.1 Å². The summed E-state index contributed by atoms with van der Waals surface area (Å²) < 4.78 is 23.5. The maximum absolute atomic E-state index is 13.1. The van der Waals surface area contributed by atoms with E-state index in [-0.39, 0.29) is 10.8 Å². The Bertz CT molecular complexity index is 1580. The number of nitrogens with zero attached hydrogens (tertiary/aromatic N) is 4. The van der Waals surface area contributed by atoms with E-state index >= 15 is 0 Å². The van der Waals surface area contributed by atoms with Crippen molar-refractivity contribution in [1.29, 1.82) is 0 Å². The standard InChI is InChI=1S/C32H44IN5O3SSi/c1-10-17-32(33,37-42(40)30(2,3)4)28-15-12-14-25(36-28)22-18-26-24(27(39)19-22)20-34-38(26)29-16-11-13-23(35-29)21-41-43(8,9)31(5,6)7/h11-16,18-20,37,39H,10,17,21H2,1-9H3/t32-,42?/m1/s1. The molecule has 232 valence electrons. The van der Waals surface area contributed by atoms with Crippen LogP contribution < -0.4 is 4.72 Å². The molecule has 1 unspecified atom stereocenters. The molecule has 1 aromatic carbocycles. The SMILES string of the molecule is CCC[C@@](I)(N[S+]([O-])C(C)(C)C)c1cccc(-c2cc(O)c3cnn(-c4cccc(CO[Si](C)(C)C(C)(C)C)n4)c3c2)n1. The van der Waals surface area contributed by atoms with E-state index in [9.17, 15) is 9.66 Å². The highest BCUT2D eigenvalue weighted by molar-refractivity contribution is 14.1. The average Bonchev–Trinajstić information content (AvgIpc) is 3.36. The third kappa shape index (κ3) is 7.62. The number of benzene rings is 1. The summed E-state index contributed by atoms with van der Waals surface area (Å²) in [6, 6.07) is 15.4. The number of fused-ring (bicyclic) bond motifs is 1. The summed E-state index contributed by atoms with van der Waals surface area (Å²) >= 11 is 1.06. The lowest BCUT2D eigenvalue weighted by atomic mass is 10.1. The average molecular weight is 734 g/mol. The van der Waals surface area contributed by atoms with E-state index in [4.69, 9.17) is 14.4 Å². The number of hydrogen-bond acceptors (Lipinski definition) is 7. The second-order valence-corrected chi connectivity index (χ2v) is 22.1. The first kappa shape index (κ1) is 33.9. The molecule has 0 saturated heterocycles. The van der Waals surface area contributed by atoms with E-state index in [0.29, 0.717) is 23.5 Å². The zero-order valence-electron chi connectivity index (χ0n) is 26.7. The molecule has 0 amide bonds. The molecule has 4 aromatic rings. The first-order valence-corrected chi connectivity index (χ1v) is 19.8. The monoisotopic (exact) mass is 733 g/mol. The predicted octanol–water partition coefficient (Wildman–Crippen LogP) is 8.15. The van der Waals surface area contributed by atoms with Gasteiger partial charge in [-0.1, -0.05) is 46.2 Å². The number of rotatable bonds is 10. The van der Waals surface area contributed by atoms with Crippen LogP contribution in [0, 0.1) is 0 Å². The fraction of sp³-hybridized carbons (Fsp3) is 0.469. The zero-order chi connectivity index (χ0) is 31.8. The number of phenolic OH excluding ortho intramolecular Hbond substituents is 1. The third-order valence-corrected chi connectivity index (χ3v) is 15.8. The van der Waals surface area contributed by atoms with E-state index in [2.05, 4.69) is 73.2 Å². The summed E-state index contributed by atoms with van der Waals surface area (Å²) in [6.07, 6.45) is 3.30. The van der Waals surface area contributed by atoms with Crippen molar-refractivity contribution in [3.63, 3.8) is 0 Å². The number of aromatic hydroxyl groups is 1. The second kappa shape index (κ2) is 12.8. The maximum atomic E-state index is 13.1. The fourth-order valence-corrected chi connectivity index (χ4v) is 7.46. The van der Waals surface area contributed by atoms with Crippen LogP contribution in [0.3, 0.4) is 0 Å². The number of pyridine rings is 2. The van der Waals surface area contributed by atoms with Crippen molar-refractivity contribution >= 4 is 53.2 Å². The molecule has 0 bridgehead atoms. The predicted molar refractivity (Wildman–Crippen MR) is 187 cm³/mol. The molecule has 0 aliphatic carbocycles. The molecule has 11 heteroatoms. The lowest BCUT2D eigenvalue weighted by Crippen LogP contribution is -2.48. The van der Waals surface area contributed by atoms with Gasteiger partial charge in [0.1, 0.15) is 10.5 Å². The molecule has 8 nitrogen and oxygen atoms in total. The highest BCUT2D eigenvalue weighted by atomic mass is 127. The Balaban J connectivity index is 1.71. The molecule has 0 aliphatic heterocycles. The van der Waals surface area contributed by atoms with Gasteiger partial charge in [0, 0.05) is 16.9 Å². The normalized spacial score (nSPS) is 15.0. The smallest absolute Gasteiger partial charge is 0.192 e. The topological polar surface area (TPSA) is 108 Å². The van der Waals surface area contributed by atoms with Gasteiger partial charge in [0.2, 0.25) is 0 Å². The van der Waals surface area contributed by atoms with Crippen LogP contribution in [0.25, 0.3) is 28.0 Å². The summed E-state index contributed by atoms with van der Waals surface area (Å²) in [7, 11) is -1.93. The molecule has 0 spiro atoms. The summed E-state index contributed by atoms with van der Waals surface area (Å²) in [6.45, 7) is 19.5. The Morgan fingerprint density at radius 3 is 2.40 bits per heavy atom. The van der Waals surface area contributed by atoms with Gasteiger partial charge in [-0.25, -0.2) is 14.6 Å². The van der Waals surface area contributed by atoms with Crippen LogP contribution in [0.15, 0.2) is 54.7 Å². The molecule has 43 heavy (non-hydrogen) atoms. The Kier molecular flexibility index (Phi) is 10.0. The third-order valence-electron chi connectivity index (χ3n) is 7.92. The van der Waals surface area contributed by atoms with Gasteiger partial charge in [-0.3, -0.25) is 0 Å². The van der Waals surface area contributed by atoms with Crippen molar-refractivity contribution < 1.29 is 14.1 Å². The van der Waals surface area contributed by atoms with Crippen LogP contribution in [-0.2, 0) is 25.9 Å². The molecule has 4 rings (SSSR count). The first-order valence-electron chi connectivity index (χ1n) is 14.6. The van der Waals surface area contributed by atoms with Gasteiger partial charge >= 0.3 is 0 Å². The lowest BCUT2D eigenvalue weighted by molar-refractivity contribution is 0.272. The second-order valence-electron chi connectivity index (χ2n) is 13.5. The Morgan fingerprint density at radius 2 is 1.74 bits per heavy atom. The Morgan fingerprint density at radius 1 is 1.05 bits per heavy atom. The summed E-state index contributed by atoms with van der Waals surface area (Å²) in [5.74, 6) is 0.761. The lowest BCUT2D eigenvalue weighted by Gasteiger charge is -2.36. The van der Waals surface area contributed by atoms with E-state index in [1.807, 2.05) is 63.2 Å². The van der Waals surface area contributed by atoms with Crippen molar-refractivity contribution in [2.75, 3.05) is 0 Å². The quantitative estimate of drug-likeness (QED) is 0.0557. The van der Waals surface area contributed by atoms with Crippen molar-refractivity contribution in [1.82, 2.24) is 24.5 Å². The van der Waals surface area contributed by atoms with Crippen molar-refractivity contribution in [2.45, 2.75) is 94.3 Å². The maximum Gasteiger partial charge on any atom is 0.192 e. The molecule has 0 radical (unpaired) electrons. The minimum Gasteiger partial charge on any atom is -0.598 e. The minimum absolute atomic E-state index is 0.106. The van der Waals surface area contributed by atoms with Gasteiger partial charge in [-0.05, 0) is 104 Å². The van der Waals surface area contributed by atoms with E-state index < -0.39 is 28.0 Å². The first-order chi connectivity index (χ1) is 19.9. The summed E-state index contributed by atoms with van der Waals surface area (Å²) in [5.41, 5.74) is 3.79. The molecular formula is C32H44IN5O3SSi. The van der Waals surface area contributed by atoms with Crippen LogP contribution in [-0.4, -0.2) is 42.5 Å². The van der Waals surface area contributed by atoms with Crippen LogP contribution >= 0.6 is 22.6 Å². The molecule has 3 aromatic heterocycles. The molecule has 0 saturated carbocycles. The minimum atomic E-state index is -1.93. The molecular weight excluding hydrogens is 689 g/mol. The van der Waals surface area contributed by atoms with Crippen LogP contribution in [0.5, 0.6) is 5.75 Å². The number of nitrogens with one attached hydrogen (secondary N) is 1. The molecule has 3 heterocycles. The van der Waals surface area contributed by atoms with Gasteiger partial charge < -0.3 is 14.1 Å². The molecule has 0 fully saturated rings. The van der Waals surface area contributed by atoms with E-state index in [1.54, 1.807) is 16.9 Å². The molecule has 0 aliphatic rings. The van der Waals surface area contributed by atoms with Gasteiger partial charge in [-0.15, -0.1) is 4.72 Å². The zero-order valence-corrected chi connectivity index (χ0v) is 30.6. The van der Waals surface area contributed by atoms with Crippen molar-refractivity contribution in [3.8, 4) is 22.8 Å². The summed E-state index contributed by atoms with van der Waals surface area (Å²) in [5, 5.41) is 16.3. The Hall–Kier alpha value is -2.03. The number of halogens is 1. The number of aromatic nitrogens is 4. The highest BCUT2D eigenvalue weighted by Gasteiger charge is 2.39. The highest BCUT2D eigenvalue weighted by Crippen LogP contribution is 2.39. The molecule has 2 atom stereocenters.